The molecular formula is C15H19NO4. The summed E-state index contributed by atoms with van der Waals surface area (Å²) < 4.78 is 16.2. The Balaban J connectivity index is 2.66. The predicted octanol–water partition coefficient (Wildman–Crippen LogP) is 2.09. The van der Waals surface area contributed by atoms with Gasteiger partial charge in [-0.1, -0.05) is 6.58 Å². The van der Waals surface area contributed by atoms with Gasteiger partial charge < -0.3 is 19.1 Å². The number of nitrogens with zero attached hydrogens (tertiary/aromatic N) is 1. The van der Waals surface area contributed by atoms with E-state index >= 15 is 0 Å². The molecule has 20 heavy (non-hydrogen) atoms. The first-order chi connectivity index (χ1) is 9.54. The van der Waals surface area contributed by atoms with Crippen molar-refractivity contribution in [3.8, 4) is 17.2 Å². The van der Waals surface area contributed by atoms with E-state index in [2.05, 4.69) is 6.58 Å². The molecule has 0 saturated carbocycles. The third kappa shape index (κ3) is 2.09. The Kier molecular flexibility index (Phi) is 3.88. The first-order valence-electron chi connectivity index (χ1n) is 6.34. The molecule has 5 nitrogen and oxygen atoms in total. The molecule has 1 aliphatic heterocycles. The summed E-state index contributed by atoms with van der Waals surface area (Å²) in [4.78, 5) is 13.3. The lowest BCUT2D eigenvalue weighted by molar-refractivity contribution is -0.125. The molecule has 0 N–H and O–H groups in total. The largest absolute Gasteiger partial charge is 0.493 e. The van der Waals surface area contributed by atoms with Crippen molar-refractivity contribution >= 4 is 11.6 Å². The van der Waals surface area contributed by atoms with Crippen molar-refractivity contribution in [3.63, 3.8) is 0 Å². The minimum absolute atomic E-state index is 0.0301. The quantitative estimate of drug-likeness (QED) is 0.849. The number of ether oxygens (including phenoxy) is 3. The van der Waals surface area contributed by atoms with Crippen LogP contribution in [0, 0.1) is 0 Å². The first kappa shape index (κ1) is 14.2. The van der Waals surface area contributed by atoms with Crippen LogP contribution in [0.1, 0.15) is 18.1 Å². The zero-order chi connectivity index (χ0) is 14.9. The molecule has 0 radical (unpaired) electrons. The van der Waals surface area contributed by atoms with Gasteiger partial charge in [-0.05, 0) is 18.1 Å². The molecule has 108 valence electrons. The number of benzene rings is 1. The van der Waals surface area contributed by atoms with Gasteiger partial charge in [0, 0.05) is 24.7 Å². The summed E-state index contributed by atoms with van der Waals surface area (Å²) in [5.41, 5.74) is 2.49. The number of fused-ring (bicyclic) bond motifs is 1. The van der Waals surface area contributed by atoms with E-state index in [1.807, 2.05) is 6.07 Å². The van der Waals surface area contributed by atoms with Crippen LogP contribution < -0.4 is 14.2 Å². The van der Waals surface area contributed by atoms with Crippen LogP contribution in [0.3, 0.4) is 0 Å². The third-order valence-electron chi connectivity index (χ3n) is 3.51. The van der Waals surface area contributed by atoms with Crippen LogP contribution >= 0.6 is 0 Å². The van der Waals surface area contributed by atoms with Crippen molar-refractivity contribution in [3.05, 3.63) is 23.8 Å². The van der Waals surface area contributed by atoms with E-state index < -0.39 is 0 Å². The van der Waals surface area contributed by atoms with E-state index in [1.54, 1.807) is 26.2 Å². The Morgan fingerprint density at radius 3 is 2.35 bits per heavy atom. The lowest BCUT2D eigenvalue weighted by atomic mass is 9.95. The van der Waals surface area contributed by atoms with Crippen LogP contribution in [0.25, 0.3) is 5.70 Å². The maximum atomic E-state index is 11.7. The molecule has 5 heteroatoms. The van der Waals surface area contributed by atoms with Crippen molar-refractivity contribution in [2.45, 2.75) is 13.3 Å². The van der Waals surface area contributed by atoms with Crippen molar-refractivity contribution in [2.75, 3.05) is 27.9 Å². The third-order valence-corrected chi connectivity index (χ3v) is 3.51. The van der Waals surface area contributed by atoms with E-state index in [0.29, 0.717) is 29.5 Å². The van der Waals surface area contributed by atoms with Crippen LogP contribution in [-0.2, 0) is 11.2 Å². The molecule has 1 aromatic carbocycles. The van der Waals surface area contributed by atoms with E-state index in [4.69, 9.17) is 14.2 Å². The summed E-state index contributed by atoms with van der Waals surface area (Å²) in [6, 6.07) is 1.92. The number of rotatable bonds is 3. The molecule has 1 amide bonds. The Labute approximate surface area is 118 Å². The minimum Gasteiger partial charge on any atom is -0.493 e. The average molecular weight is 277 g/mol. The van der Waals surface area contributed by atoms with Gasteiger partial charge >= 0.3 is 0 Å². The second-order valence-corrected chi connectivity index (χ2v) is 4.55. The molecule has 1 heterocycles. The molecule has 0 aliphatic carbocycles. The van der Waals surface area contributed by atoms with Crippen LogP contribution in [-0.4, -0.2) is 38.7 Å². The van der Waals surface area contributed by atoms with Gasteiger partial charge in [-0.3, -0.25) is 4.79 Å². The van der Waals surface area contributed by atoms with E-state index in [0.717, 1.165) is 17.5 Å². The van der Waals surface area contributed by atoms with Gasteiger partial charge in [0.2, 0.25) is 11.7 Å². The molecule has 0 spiro atoms. The van der Waals surface area contributed by atoms with Gasteiger partial charge in [0.1, 0.15) is 0 Å². The Morgan fingerprint density at radius 1 is 1.20 bits per heavy atom. The molecule has 0 fully saturated rings. The minimum atomic E-state index is -0.0301. The summed E-state index contributed by atoms with van der Waals surface area (Å²) in [5, 5.41) is 0. The number of methoxy groups -OCH3 is 3. The van der Waals surface area contributed by atoms with Gasteiger partial charge in [0.25, 0.3) is 0 Å². The molecule has 1 aliphatic rings. The normalized spacial score (nSPS) is 13.8. The highest BCUT2D eigenvalue weighted by atomic mass is 16.5. The lowest BCUT2D eigenvalue weighted by Gasteiger charge is -2.32. The molecule has 0 saturated heterocycles. The fourth-order valence-corrected chi connectivity index (χ4v) is 2.57. The standard InChI is InChI=1S/C15H19NO4/c1-9-13-11(6-7-16(9)10(2)17)8-12(18-3)14(19-4)15(13)20-5/h8H,1,6-7H2,2-5H3. The van der Waals surface area contributed by atoms with Crippen molar-refractivity contribution in [1.82, 2.24) is 4.90 Å². The fraction of sp³-hybridized carbons (Fsp3) is 0.400. The monoisotopic (exact) mass is 277 g/mol. The van der Waals surface area contributed by atoms with Crippen LogP contribution in [0.15, 0.2) is 12.6 Å². The Bertz CT molecular complexity index is 565. The number of hydrogen-bond acceptors (Lipinski definition) is 4. The van der Waals surface area contributed by atoms with Crippen molar-refractivity contribution in [1.29, 1.82) is 0 Å². The molecule has 0 unspecified atom stereocenters. The van der Waals surface area contributed by atoms with E-state index in [-0.39, 0.29) is 5.91 Å². The van der Waals surface area contributed by atoms with Gasteiger partial charge in [-0.15, -0.1) is 0 Å². The summed E-state index contributed by atoms with van der Waals surface area (Å²) >= 11 is 0. The summed E-state index contributed by atoms with van der Waals surface area (Å²) in [6.07, 6.45) is 0.727. The summed E-state index contributed by atoms with van der Waals surface area (Å²) in [6.45, 7) is 6.17. The molecule has 0 atom stereocenters. The Morgan fingerprint density at radius 2 is 1.85 bits per heavy atom. The van der Waals surface area contributed by atoms with Gasteiger partial charge in [0.05, 0.1) is 21.3 Å². The molecular weight excluding hydrogens is 258 g/mol. The van der Waals surface area contributed by atoms with E-state index in [1.165, 1.54) is 6.92 Å². The molecule has 0 aromatic heterocycles. The fourth-order valence-electron chi connectivity index (χ4n) is 2.57. The van der Waals surface area contributed by atoms with Crippen LogP contribution in [0.2, 0.25) is 0 Å². The smallest absolute Gasteiger partial charge is 0.223 e. The molecule has 0 bridgehead atoms. The first-order valence-corrected chi connectivity index (χ1v) is 6.34. The maximum absolute atomic E-state index is 11.7. The number of carbonyl (C=O) groups is 1. The maximum Gasteiger partial charge on any atom is 0.223 e. The number of carbonyl (C=O) groups excluding carboxylic acids is 1. The van der Waals surface area contributed by atoms with Crippen LogP contribution in [0.5, 0.6) is 17.2 Å². The predicted molar refractivity (Wildman–Crippen MR) is 76.2 cm³/mol. The topological polar surface area (TPSA) is 48.0 Å². The van der Waals surface area contributed by atoms with E-state index in [9.17, 15) is 4.79 Å². The van der Waals surface area contributed by atoms with Gasteiger partial charge in [-0.2, -0.15) is 0 Å². The molecule has 2 rings (SSSR count). The highest BCUT2D eigenvalue weighted by Gasteiger charge is 2.29. The van der Waals surface area contributed by atoms with Crippen molar-refractivity contribution < 1.29 is 19.0 Å². The van der Waals surface area contributed by atoms with Gasteiger partial charge in [-0.25, -0.2) is 0 Å². The second-order valence-electron chi connectivity index (χ2n) is 4.55. The highest BCUT2D eigenvalue weighted by molar-refractivity contribution is 5.89. The lowest BCUT2D eigenvalue weighted by Crippen LogP contribution is -2.33. The highest BCUT2D eigenvalue weighted by Crippen LogP contribution is 2.46. The summed E-state index contributed by atoms with van der Waals surface area (Å²) in [7, 11) is 4.71. The number of hydrogen-bond donors (Lipinski definition) is 0. The Hall–Kier alpha value is -2.17. The average Bonchev–Trinajstić information content (AvgIpc) is 2.44. The van der Waals surface area contributed by atoms with Crippen LogP contribution in [0.4, 0.5) is 0 Å². The zero-order valence-corrected chi connectivity index (χ0v) is 12.3. The number of amides is 1. The zero-order valence-electron chi connectivity index (χ0n) is 12.3. The molecule has 1 aromatic rings. The van der Waals surface area contributed by atoms with Gasteiger partial charge in [0.15, 0.2) is 11.5 Å². The second kappa shape index (κ2) is 5.45. The SMILES string of the molecule is C=C1c2c(cc(OC)c(OC)c2OC)CCN1C(C)=O. The van der Waals surface area contributed by atoms with Crippen molar-refractivity contribution in [2.24, 2.45) is 0 Å². The summed E-state index contributed by atoms with van der Waals surface area (Å²) in [5.74, 6) is 1.66.